The van der Waals surface area contributed by atoms with Crippen molar-refractivity contribution in [2.75, 3.05) is 41.2 Å². The summed E-state index contributed by atoms with van der Waals surface area (Å²) in [5, 5.41) is 2.81. The van der Waals surface area contributed by atoms with Gasteiger partial charge in [0.25, 0.3) is 0 Å². The largest absolute Gasteiger partial charge is 0.381 e. The standard InChI is InChI=1S/C11H21Br3ClOP/c12-6-11(7-13,8-14)9-16-4-2-10(5-17)1-3-15/h10H,1-9,17H2. The van der Waals surface area contributed by atoms with Crippen LogP contribution >= 0.6 is 68.6 Å². The Morgan fingerprint density at radius 1 is 1.12 bits per heavy atom. The second-order valence-electron chi connectivity index (χ2n) is 4.32. The van der Waals surface area contributed by atoms with Gasteiger partial charge >= 0.3 is 0 Å². The number of halogens is 4. The van der Waals surface area contributed by atoms with Crippen LogP contribution in [0.15, 0.2) is 0 Å². The molecule has 0 N–H and O–H groups in total. The summed E-state index contributed by atoms with van der Waals surface area (Å²) in [6.45, 7) is 1.60. The van der Waals surface area contributed by atoms with Crippen molar-refractivity contribution in [3.63, 3.8) is 0 Å². The van der Waals surface area contributed by atoms with Gasteiger partial charge in [-0.15, -0.1) is 20.8 Å². The Labute approximate surface area is 138 Å². The quantitative estimate of drug-likeness (QED) is 0.240. The Kier molecular flexibility index (Phi) is 13.4. The van der Waals surface area contributed by atoms with E-state index in [9.17, 15) is 0 Å². The molecule has 0 amide bonds. The third-order valence-electron chi connectivity index (χ3n) is 2.78. The average molecular weight is 475 g/mol. The lowest BCUT2D eigenvalue weighted by Gasteiger charge is -2.27. The SMILES string of the molecule is PCC(CCCl)CCOCC(CBr)(CBr)CBr. The first kappa shape index (κ1) is 19.1. The van der Waals surface area contributed by atoms with Crippen molar-refractivity contribution in [2.45, 2.75) is 12.8 Å². The minimum atomic E-state index is 0.156. The number of alkyl halides is 4. The van der Waals surface area contributed by atoms with Crippen molar-refractivity contribution in [1.29, 1.82) is 0 Å². The normalized spacial score (nSPS) is 13.9. The maximum Gasteiger partial charge on any atom is 0.0546 e. The third-order valence-corrected chi connectivity index (χ3v) is 7.23. The number of rotatable bonds is 11. The first-order valence-corrected chi connectivity index (χ1v) is 10.4. The van der Waals surface area contributed by atoms with Crippen LogP contribution in [0.4, 0.5) is 0 Å². The summed E-state index contributed by atoms with van der Waals surface area (Å²) in [5.41, 5.74) is 0.156. The summed E-state index contributed by atoms with van der Waals surface area (Å²) in [7, 11) is 2.79. The zero-order chi connectivity index (χ0) is 13.1. The molecule has 0 saturated carbocycles. The zero-order valence-electron chi connectivity index (χ0n) is 9.94. The number of ether oxygens (including phenoxy) is 1. The van der Waals surface area contributed by atoms with Crippen molar-refractivity contribution in [3.8, 4) is 0 Å². The molecule has 0 bridgehead atoms. The fraction of sp³-hybridized carbons (Fsp3) is 1.00. The third kappa shape index (κ3) is 8.09. The highest BCUT2D eigenvalue weighted by atomic mass is 79.9. The highest BCUT2D eigenvalue weighted by Crippen LogP contribution is 2.26. The molecule has 17 heavy (non-hydrogen) atoms. The molecule has 2 unspecified atom stereocenters. The molecule has 0 aliphatic heterocycles. The molecule has 0 rings (SSSR count). The fourth-order valence-corrected chi connectivity index (χ4v) is 5.35. The van der Waals surface area contributed by atoms with Gasteiger partial charge in [0, 0.05) is 33.9 Å². The van der Waals surface area contributed by atoms with Crippen molar-refractivity contribution in [1.82, 2.24) is 0 Å². The molecule has 0 aromatic rings. The van der Waals surface area contributed by atoms with Crippen molar-refractivity contribution in [3.05, 3.63) is 0 Å². The molecule has 0 fully saturated rings. The summed E-state index contributed by atoms with van der Waals surface area (Å²) in [6.07, 6.45) is 3.28. The van der Waals surface area contributed by atoms with Crippen LogP contribution in [0.25, 0.3) is 0 Å². The van der Waals surface area contributed by atoms with Crippen LogP contribution in [0.1, 0.15) is 12.8 Å². The van der Waals surface area contributed by atoms with Gasteiger partial charge in [0.1, 0.15) is 0 Å². The molecule has 0 radical (unpaired) electrons. The van der Waals surface area contributed by atoms with E-state index in [0.29, 0.717) is 5.92 Å². The van der Waals surface area contributed by atoms with E-state index in [1.807, 2.05) is 0 Å². The summed E-state index contributed by atoms with van der Waals surface area (Å²) >= 11 is 16.4. The van der Waals surface area contributed by atoms with E-state index in [1.165, 1.54) is 0 Å². The van der Waals surface area contributed by atoms with Crippen LogP contribution in [-0.2, 0) is 4.74 Å². The second-order valence-corrected chi connectivity index (χ2v) is 6.85. The Morgan fingerprint density at radius 3 is 2.12 bits per heavy atom. The minimum absolute atomic E-state index is 0.156. The van der Waals surface area contributed by atoms with Crippen molar-refractivity contribution in [2.24, 2.45) is 11.3 Å². The van der Waals surface area contributed by atoms with Gasteiger partial charge in [-0.3, -0.25) is 0 Å². The number of hydrogen-bond acceptors (Lipinski definition) is 1. The molecule has 104 valence electrons. The Balaban J connectivity index is 3.81. The molecule has 0 aliphatic rings. The van der Waals surface area contributed by atoms with Gasteiger partial charge in [-0.25, -0.2) is 0 Å². The average Bonchev–Trinajstić information content (AvgIpc) is 2.38. The van der Waals surface area contributed by atoms with Crippen LogP contribution in [0.5, 0.6) is 0 Å². The Morgan fingerprint density at radius 2 is 1.71 bits per heavy atom. The molecule has 0 aromatic carbocycles. The van der Waals surface area contributed by atoms with Gasteiger partial charge in [0.05, 0.1) is 6.61 Å². The fourth-order valence-electron chi connectivity index (χ4n) is 1.30. The molecule has 6 heteroatoms. The monoisotopic (exact) mass is 472 g/mol. The molecular weight excluding hydrogens is 454 g/mol. The summed E-state index contributed by atoms with van der Waals surface area (Å²) in [6, 6.07) is 0. The molecular formula is C11H21Br3ClOP. The van der Waals surface area contributed by atoms with E-state index >= 15 is 0 Å². The van der Waals surface area contributed by atoms with Crippen LogP contribution in [0.2, 0.25) is 0 Å². The predicted octanol–water partition coefficient (Wildman–Crippen LogP) is 4.68. The lowest BCUT2D eigenvalue weighted by Crippen LogP contribution is -2.33. The lowest BCUT2D eigenvalue weighted by molar-refractivity contribution is 0.0710. The molecule has 0 heterocycles. The van der Waals surface area contributed by atoms with Crippen molar-refractivity contribution >= 4 is 68.6 Å². The van der Waals surface area contributed by atoms with E-state index in [-0.39, 0.29) is 5.41 Å². The molecule has 0 aliphatic carbocycles. The van der Waals surface area contributed by atoms with Crippen LogP contribution in [0, 0.1) is 11.3 Å². The van der Waals surface area contributed by atoms with E-state index in [4.69, 9.17) is 16.3 Å². The Bertz CT molecular complexity index is 174. The minimum Gasteiger partial charge on any atom is -0.381 e. The molecule has 0 aromatic heterocycles. The topological polar surface area (TPSA) is 9.23 Å². The first-order valence-electron chi connectivity index (χ1n) is 5.69. The van der Waals surface area contributed by atoms with Crippen LogP contribution < -0.4 is 0 Å². The van der Waals surface area contributed by atoms with Gasteiger partial charge in [-0.2, -0.15) is 0 Å². The second kappa shape index (κ2) is 11.9. The molecule has 0 spiro atoms. The van der Waals surface area contributed by atoms with Gasteiger partial charge in [-0.05, 0) is 24.9 Å². The Hall–Kier alpha value is 2.12. The highest BCUT2D eigenvalue weighted by molar-refractivity contribution is 9.10. The maximum absolute atomic E-state index is 5.81. The van der Waals surface area contributed by atoms with E-state index in [0.717, 1.165) is 54.1 Å². The predicted molar refractivity (Wildman–Crippen MR) is 92.7 cm³/mol. The van der Waals surface area contributed by atoms with Gasteiger partial charge < -0.3 is 4.74 Å². The van der Waals surface area contributed by atoms with Crippen molar-refractivity contribution < 1.29 is 4.74 Å². The molecule has 2 atom stereocenters. The van der Waals surface area contributed by atoms with E-state index in [2.05, 4.69) is 57.0 Å². The summed E-state index contributed by atoms with van der Waals surface area (Å²) < 4.78 is 5.81. The van der Waals surface area contributed by atoms with E-state index in [1.54, 1.807) is 0 Å². The van der Waals surface area contributed by atoms with Gasteiger partial charge in [0.2, 0.25) is 0 Å². The lowest BCUT2D eigenvalue weighted by atomic mass is 9.98. The van der Waals surface area contributed by atoms with Crippen LogP contribution in [-0.4, -0.2) is 41.2 Å². The highest BCUT2D eigenvalue weighted by Gasteiger charge is 2.26. The zero-order valence-corrected chi connectivity index (χ0v) is 16.6. The molecule has 0 saturated heterocycles. The smallest absolute Gasteiger partial charge is 0.0546 e. The summed E-state index contributed by atoms with van der Waals surface area (Å²) in [5.74, 6) is 1.41. The van der Waals surface area contributed by atoms with E-state index < -0.39 is 0 Å². The van der Waals surface area contributed by atoms with Gasteiger partial charge in [0.15, 0.2) is 0 Å². The first-order chi connectivity index (χ1) is 8.17. The number of hydrogen-bond donors (Lipinski definition) is 0. The van der Waals surface area contributed by atoms with Crippen LogP contribution in [0.3, 0.4) is 0 Å². The molecule has 1 nitrogen and oxygen atoms in total. The maximum atomic E-state index is 5.81. The summed E-state index contributed by atoms with van der Waals surface area (Å²) in [4.78, 5) is 0. The van der Waals surface area contributed by atoms with Gasteiger partial charge in [-0.1, -0.05) is 47.8 Å².